The Kier molecular flexibility index (Phi) is 7.42. The number of carbonyl (C=O) groups is 1. The minimum Gasteiger partial charge on any atom is -0.489 e. The van der Waals surface area contributed by atoms with Crippen molar-refractivity contribution in [1.82, 2.24) is 5.32 Å². The smallest absolute Gasteiger partial charge is 0.343 e. The summed E-state index contributed by atoms with van der Waals surface area (Å²) in [4.78, 5) is 11.6. The molecule has 0 aliphatic carbocycles. The second-order valence-corrected chi connectivity index (χ2v) is 9.65. The number of ether oxygens (including phenoxy) is 3. The van der Waals surface area contributed by atoms with E-state index in [0.717, 1.165) is 29.8 Å². The summed E-state index contributed by atoms with van der Waals surface area (Å²) in [6.07, 6.45) is 0.851. The van der Waals surface area contributed by atoms with Gasteiger partial charge in [0.1, 0.15) is 17.6 Å². The van der Waals surface area contributed by atoms with Crippen LogP contribution >= 0.6 is 0 Å². The lowest BCUT2D eigenvalue weighted by Crippen LogP contribution is -2.37. The van der Waals surface area contributed by atoms with Crippen molar-refractivity contribution in [3.05, 3.63) is 107 Å². The topological polar surface area (TPSA) is 56.8 Å². The van der Waals surface area contributed by atoms with E-state index in [9.17, 15) is 4.79 Å². The van der Waals surface area contributed by atoms with E-state index < -0.39 is 5.97 Å². The fourth-order valence-electron chi connectivity index (χ4n) is 5.16. The highest BCUT2D eigenvalue weighted by molar-refractivity contribution is 5.86. The van der Waals surface area contributed by atoms with Gasteiger partial charge in [-0.1, -0.05) is 72.8 Å². The Labute approximate surface area is 218 Å². The first-order chi connectivity index (χ1) is 18.0. The summed E-state index contributed by atoms with van der Waals surface area (Å²) in [6.45, 7) is 4.81. The Morgan fingerprint density at radius 2 is 1.81 bits per heavy atom. The monoisotopic (exact) mass is 495 g/mol. The fraction of sp³-hybridized carbons (Fsp3) is 0.281. The Balaban J connectivity index is 1.35. The molecule has 0 aromatic heterocycles. The van der Waals surface area contributed by atoms with Crippen LogP contribution in [0.15, 0.2) is 84.9 Å². The van der Waals surface area contributed by atoms with Crippen LogP contribution in [0.2, 0.25) is 0 Å². The number of aryl methyl sites for hydroxylation is 1. The molecule has 4 aromatic carbocycles. The molecule has 0 saturated carbocycles. The average Bonchev–Trinajstić information content (AvgIpc) is 2.94. The lowest BCUT2D eigenvalue weighted by atomic mass is 9.83. The molecule has 1 aliphatic rings. The van der Waals surface area contributed by atoms with E-state index in [1.165, 1.54) is 29.0 Å². The molecule has 190 valence electrons. The number of benzene rings is 4. The summed E-state index contributed by atoms with van der Waals surface area (Å²) >= 11 is 0. The standard InChI is InChI=1S/C32H33NO4/c1-21-15-16-24(17-31(21)36-20-32(34)35-3)29-18-25(37-30-14-7-6-12-28(29)30)19-33-22(2)26-13-8-10-23-9-4-5-11-27(23)26/h4-17,22,25,29,33H,18-20H2,1-3H3. The summed E-state index contributed by atoms with van der Waals surface area (Å²) in [5.41, 5.74) is 4.59. The van der Waals surface area contributed by atoms with E-state index in [1.54, 1.807) is 0 Å². The van der Waals surface area contributed by atoms with Gasteiger partial charge in [-0.15, -0.1) is 0 Å². The second-order valence-electron chi connectivity index (χ2n) is 9.65. The highest BCUT2D eigenvalue weighted by Crippen LogP contribution is 2.41. The van der Waals surface area contributed by atoms with Gasteiger partial charge in [0, 0.05) is 24.1 Å². The number of nitrogens with one attached hydrogen (secondary N) is 1. The van der Waals surface area contributed by atoms with Gasteiger partial charge in [-0.3, -0.25) is 0 Å². The molecular formula is C32H33NO4. The molecule has 0 saturated heterocycles. The van der Waals surface area contributed by atoms with Gasteiger partial charge in [0.05, 0.1) is 7.11 Å². The summed E-state index contributed by atoms with van der Waals surface area (Å²) in [5, 5.41) is 6.25. The maximum atomic E-state index is 11.6. The molecule has 0 fully saturated rings. The molecule has 5 heteroatoms. The molecule has 0 amide bonds. The fourth-order valence-corrected chi connectivity index (χ4v) is 5.16. The maximum Gasteiger partial charge on any atom is 0.343 e. The van der Waals surface area contributed by atoms with E-state index in [-0.39, 0.29) is 24.7 Å². The van der Waals surface area contributed by atoms with Gasteiger partial charge in [0.2, 0.25) is 0 Å². The van der Waals surface area contributed by atoms with Crippen molar-refractivity contribution in [2.24, 2.45) is 0 Å². The number of rotatable bonds is 8. The van der Waals surface area contributed by atoms with Crippen molar-refractivity contribution >= 4 is 16.7 Å². The van der Waals surface area contributed by atoms with Gasteiger partial charge in [-0.2, -0.15) is 0 Å². The lowest BCUT2D eigenvalue weighted by Gasteiger charge is -2.33. The van der Waals surface area contributed by atoms with Crippen LogP contribution in [0.3, 0.4) is 0 Å². The highest BCUT2D eigenvalue weighted by Gasteiger charge is 2.30. The SMILES string of the molecule is COC(=O)COc1cc(C2CC(CNC(C)c3cccc4ccccc34)Oc3ccccc32)ccc1C. The highest BCUT2D eigenvalue weighted by atomic mass is 16.6. The number of hydrogen-bond donors (Lipinski definition) is 1. The Morgan fingerprint density at radius 1 is 1.03 bits per heavy atom. The number of para-hydroxylation sites is 1. The summed E-state index contributed by atoms with van der Waals surface area (Å²) in [7, 11) is 1.36. The lowest BCUT2D eigenvalue weighted by molar-refractivity contribution is -0.142. The molecule has 5 rings (SSSR count). The van der Waals surface area contributed by atoms with E-state index in [0.29, 0.717) is 5.75 Å². The molecule has 37 heavy (non-hydrogen) atoms. The number of methoxy groups -OCH3 is 1. The summed E-state index contributed by atoms with van der Waals surface area (Å²) < 4.78 is 17.0. The van der Waals surface area contributed by atoms with Gasteiger partial charge < -0.3 is 19.5 Å². The van der Waals surface area contributed by atoms with Gasteiger partial charge in [0.25, 0.3) is 0 Å². The first kappa shape index (κ1) is 24.8. The van der Waals surface area contributed by atoms with E-state index in [1.807, 2.05) is 25.1 Å². The van der Waals surface area contributed by atoms with Crippen LogP contribution in [0, 0.1) is 6.92 Å². The van der Waals surface area contributed by atoms with Crippen LogP contribution in [0.5, 0.6) is 11.5 Å². The van der Waals surface area contributed by atoms with Crippen LogP contribution in [0.1, 0.15) is 47.6 Å². The molecule has 0 radical (unpaired) electrons. The largest absolute Gasteiger partial charge is 0.489 e. The third-order valence-electron chi connectivity index (χ3n) is 7.22. The molecule has 3 atom stereocenters. The van der Waals surface area contributed by atoms with Crippen LogP contribution in [0.25, 0.3) is 10.8 Å². The maximum absolute atomic E-state index is 11.6. The molecule has 1 aliphatic heterocycles. The van der Waals surface area contributed by atoms with Gasteiger partial charge in [-0.25, -0.2) is 4.79 Å². The van der Waals surface area contributed by atoms with Crippen LogP contribution in [0.4, 0.5) is 0 Å². The zero-order valence-corrected chi connectivity index (χ0v) is 21.6. The third-order valence-corrected chi connectivity index (χ3v) is 7.22. The van der Waals surface area contributed by atoms with Gasteiger partial charge in [0.15, 0.2) is 6.61 Å². The molecule has 3 unspecified atom stereocenters. The first-order valence-corrected chi connectivity index (χ1v) is 12.8. The van der Waals surface area contributed by atoms with Crippen molar-refractivity contribution in [3.63, 3.8) is 0 Å². The summed E-state index contributed by atoms with van der Waals surface area (Å²) in [6, 6.07) is 29.7. The van der Waals surface area contributed by atoms with E-state index in [2.05, 4.69) is 79.0 Å². The predicted molar refractivity (Wildman–Crippen MR) is 146 cm³/mol. The third kappa shape index (κ3) is 5.47. The molecule has 0 spiro atoms. The van der Waals surface area contributed by atoms with Crippen molar-refractivity contribution in [1.29, 1.82) is 0 Å². The van der Waals surface area contributed by atoms with Crippen molar-refractivity contribution in [2.45, 2.75) is 38.3 Å². The Bertz CT molecular complexity index is 1390. The number of hydrogen-bond acceptors (Lipinski definition) is 5. The summed E-state index contributed by atoms with van der Waals surface area (Å²) in [5.74, 6) is 1.38. The molecule has 5 nitrogen and oxygen atoms in total. The molecule has 1 N–H and O–H groups in total. The van der Waals surface area contributed by atoms with E-state index in [4.69, 9.17) is 14.2 Å². The minimum absolute atomic E-state index is 0.0121. The second kappa shape index (κ2) is 11.1. The number of esters is 1. The molecule has 1 heterocycles. The molecule has 4 aromatic rings. The van der Waals surface area contributed by atoms with Crippen molar-refractivity contribution in [2.75, 3.05) is 20.3 Å². The Morgan fingerprint density at radius 3 is 2.68 bits per heavy atom. The van der Waals surface area contributed by atoms with Gasteiger partial charge in [-0.05, 0) is 59.9 Å². The molecule has 0 bridgehead atoms. The van der Waals surface area contributed by atoms with Crippen molar-refractivity contribution in [3.8, 4) is 11.5 Å². The number of fused-ring (bicyclic) bond motifs is 2. The normalized spacial score (nSPS) is 17.5. The molecular weight excluding hydrogens is 462 g/mol. The Hall–Kier alpha value is -3.83. The van der Waals surface area contributed by atoms with Crippen LogP contribution in [-0.2, 0) is 9.53 Å². The van der Waals surface area contributed by atoms with Crippen LogP contribution in [-0.4, -0.2) is 32.3 Å². The number of carbonyl (C=O) groups excluding carboxylic acids is 1. The van der Waals surface area contributed by atoms with Crippen molar-refractivity contribution < 1.29 is 19.0 Å². The van der Waals surface area contributed by atoms with Gasteiger partial charge >= 0.3 is 5.97 Å². The first-order valence-electron chi connectivity index (χ1n) is 12.8. The van der Waals surface area contributed by atoms with Crippen LogP contribution < -0.4 is 14.8 Å². The van der Waals surface area contributed by atoms with E-state index >= 15 is 0 Å². The minimum atomic E-state index is -0.396. The zero-order valence-electron chi connectivity index (χ0n) is 21.6. The average molecular weight is 496 g/mol. The quantitative estimate of drug-likeness (QED) is 0.289. The zero-order chi connectivity index (χ0) is 25.8. The predicted octanol–water partition coefficient (Wildman–Crippen LogP) is 6.33.